The predicted molar refractivity (Wildman–Crippen MR) is 86.6 cm³/mol. The molecule has 2 rings (SSSR count). The van der Waals surface area contributed by atoms with Gasteiger partial charge in [0.15, 0.2) is 0 Å². The molecule has 22 heavy (non-hydrogen) atoms. The summed E-state index contributed by atoms with van der Waals surface area (Å²) >= 11 is 0. The molecule has 126 valence electrons. The normalized spacial score (nSPS) is 24.8. The summed E-state index contributed by atoms with van der Waals surface area (Å²) in [7, 11) is 1.93. The molecule has 0 radical (unpaired) electrons. The average Bonchev–Trinajstić information content (AvgIpc) is 2.82. The summed E-state index contributed by atoms with van der Waals surface area (Å²) in [6.45, 7) is 11.3. The molecule has 0 saturated carbocycles. The summed E-state index contributed by atoms with van der Waals surface area (Å²) in [6.07, 6.45) is 4.07. The number of likely N-dealkylation sites (N-methyl/N-ethyl adjacent to an activating group) is 1. The third-order valence-corrected chi connectivity index (χ3v) is 4.04. The largest absolute Gasteiger partial charge is 0.390 e. The van der Waals surface area contributed by atoms with Crippen LogP contribution in [0.4, 0.5) is 0 Å². The van der Waals surface area contributed by atoms with Gasteiger partial charge in [-0.15, -0.1) is 0 Å². The molecule has 0 spiro atoms. The Kier molecular flexibility index (Phi) is 6.37. The Morgan fingerprint density at radius 1 is 1.41 bits per heavy atom. The van der Waals surface area contributed by atoms with Crippen molar-refractivity contribution >= 4 is 0 Å². The predicted octanol–water partition coefficient (Wildman–Crippen LogP) is 0.712. The van der Waals surface area contributed by atoms with Gasteiger partial charge in [0.05, 0.1) is 24.5 Å². The maximum atomic E-state index is 10.4. The van der Waals surface area contributed by atoms with Crippen LogP contribution in [-0.4, -0.2) is 75.7 Å². The number of morpholine rings is 1. The van der Waals surface area contributed by atoms with Crippen LogP contribution in [-0.2, 0) is 18.3 Å². The molecule has 1 aliphatic rings. The van der Waals surface area contributed by atoms with Gasteiger partial charge in [-0.25, -0.2) is 0 Å². The molecule has 2 heterocycles. The van der Waals surface area contributed by atoms with E-state index in [-0.39, 0.29) is 18.3 Å². The van der Waals surface area contributed by atoms with E-state index >= 15 is 0 Å². The minimum Gasteiger partial charge on any atom is -0.390 e. The molecule has 1 N–H and O–H groups in total. The number of β-amino-alcohol motifs (C(OH)–C–C–N with tert-alkyl or cyclic N) is 1. The number of ether oxygens (including phenoxy) is 1. The Labute approximate surface area is 133 Å². The topological polar surface area (TPSA) is 53.8 Å². The third-order valence-electron chi connectivity index (χ3n) is 4.04. The zero-order valence-corrected chi connectivity index (χ0v) is 14.3. The van der Waals surface area contributed by atoms with Gasteiger partial charge in [0, 0.05) is 51.5 Å². The summed E-state index contributed by atoms with van der Waals surface area (Å²) in [6, 6.07) is 0. The van der Waals surface area contributed by atoms with Crippen LogP contribution in [0, 0.1) is 0 Å². The summed E-state index contributed by atoms with van der Waals surface area (Å²) < 4.78 is 7.55. The first-order chi connectivity index (χ1) is 10.5. The fourth-order valence-corrected chi connectivity index (χ4v) is 3.20. The van der Waals surface area contributed by atoms with E-state index in [1.165, 1.54) is 5.56 Å². The molecule has 1 aromatic rings. The maximum absolute atomic E-state index is 10.4. The van der Waals surface area contributed by atoms with Crippen molar-refractivity contribution in [2.75, 3.05) is 32.7 Å². The lowest BCUT2D eigenvalue weighted by Gasteiger charge is -2.37. The number of hydrogen-bond acceptors (Lipinski definition) is 5. The van der Waals surface area contributed by atoms with Crippen LogP contribution in [0.3, 0.4) is 0 Å². The van der Waals surface area contributed by atoms with E-state index in [4.69, 9.17) is 4.74 Å². The molecular formula is C16H30N4O2. The molecule has 0 amide bonds. The highest BCUT2D eigenvalue weighted by atomic mass is 16.5. The second kappa shape index (κ2) is 8.06. The number of rotatable bonds is 7. The first-order valence-corrected chi connectivity index (χ1v) is 8.22. The van der Waals surface area contributed by atoms with Crippen molar-refractivity contribution in [1.82, 2.24) is 19.6 Å². The van der Waals surface area contributed by atoms with Crippen LogP contribution in [0.5, 0.6) is 0 Å². The molecule has 0 aromatic carbocycles. The molecular weight excluding hydrogens is 280 g/mol. The quantitative estimate of drug-likeness (QED) is 0.804. The second-order valence-corrected chi connectivity index (χ2v) is 6.48. The molecule has 3 unspecified atom stereocenters. The van der Waals surface area contributed by atoms with E-state index in [0.29, 0.717) is 13.1 Å². The first kappa shape index (κ1) is 17.4. The summed E-state index contributed by atoms with van der Waals surface area (Å²) in [4.78, 5) is 4.57. The van der Waals surface area contributed by atoms with Crippen molar-refractivity contribution in [1.29, 1.82) is 0 Å². The lowest BCUT2D eigenvalue weighted by atomic mass is 10.2. The van der Waals surface area contributed by atoms with Crippen molar-refractivity contribution in [3.05, 3.63) is 18.0 Å². The highest BCUT2D eigenvalue weighted by Crippen LogP contribution is 2.11. The smallest absolute Gasteiger partial charge is 0.0793 e. The lowest BCUT2D eigenvalue weighted by molar-refractivity contribution is -0.0780. The van der Waals surface area contributed by atoms with E-state index in [9.17, 15) is 5.11 Å². The Morgan fingerprint density at radius 2 is 2.09 bits per heavy atom. The zero-order chi connectivity index (χ0) is 16.1. The minimum atomic E-state index is -0.339. The Balaban J connectivity index is 1.80. The van der Waals surface area contributed by atoms with E-state index in [0.717, 1.165) is 26.2 Å². The van der Waals surface area contributed by atoms with E-state index in [1.807, 2.05) is 24.1 Å². The van der Waals surface area contributed by atoms with Gasteiger partial charge >= 0.3 is 0 Å². The highest BCUT2D eigenvalue weighted by Gasteiger charge is 2.24. The molecule has 0 bridgehead atoms. The molecule has 1 fully saturated rings. The SMILES string of the molecule is CCN(Cc1cnn(C)c1)CC(O)CN1CC(C)OC(C)C1. The monoisotopic (exact) mass is 310 g/mol. The van der Waals surface area contributed by atoms with Gasteiger partial charge in [-0.2, -0.15) is 5.10 Å². The van der Waals surface area contributed by atoms with Crippen LogP contribution in [0.1, 0.15) is 26.3 Å². The summed E-state index contributed by atoms with van der Waals surface area (Å²) in [5.74, 6) is 0. The van der Waals surface area contributed by atoms with Gasteiger partial charge in [0.25, 0.3) is 0 Å². The Hall–Kier alpha value is -0.950. The molecule has 1 aliphatic heterocycles. The van der Waals surface area contributed by atoms with Gasteiger partial charge in [-0.3, -0.25) is 14.5 Å². The molecule has 1 saturated heterocycles. The molecule has 3 atom stereocenters. The molecule has 1 aromatic heterocycles. The van der Waals surface area contributed by atoms with E-state index in [2.05, 4.69) is 35.7 Å². The van der Waals surface area contributed by atoms with Crippen molar-refractivity contribution in [2.45, 2.75) is 45.6 Å². The first-order valence-electron chi connectivity index (χ1n) is 8.22. The number of aromatic nitrogens is 2. The maximum Gasteiger partial charge on any atom is 0.0793 e. The standard InChI is InChI=1S/C16H30N4O2/c1-5-19(10-15-6-17-18(4)9-15)11-16(21)12-20-7-13(2)22-14(3)8-20/h6,9,13-14,16,21H,5,7-8,10-12H2,1-4H3. The van der Waals surface area contributed by atoms with Crippen molar-refractivity contribution < 1.29 is 9.84 Å². The summed E-state index contributed by atoms with van der Waals surface area (Å²) in [5, 5.41) is 14.6. The molecule has 6 nitrogen and oxygen atoms in total. The lowest BCUT2D eigenvalue weighted by Crippen LogP contribution is -2.49. The van der Waals surface area contributed by atoms with Crippen LogP contribution >= 0.6 is 0 Å². The number of nitrogens with zero attached hydrogens (tertiary/aromatic N) is 4. The van der Waals surface area contributed by atoms with Crippen LogP contribution < -0.4 is 0 Å². The summed E-state index contributed by atoms with van der Waals surface area (Å²) in [5.41, 5.74) is 1.19. The third kappa shape index (κ3) is 5.35. The zero-order valence-electron chi connectivity index (χ0n) is 14.3. The number of aliphatic hydroxyl groups is 1. The van der Waals surface area contributed by atoms with Gasteiger partial charge in [0.1, 0.15) is 0 Å². The number of aryl methyl sites for hydroxylation is 1. The van der Waals surface area contributed by atoms with Crippen molar-refractivity contribution in [2.24, 2.45) is 7.05 Å². The molecule has 0 aliphatic carbocycles. The van der Waals surface area contributed by atoms with Crippen LogP contribution in [0.25, 0.3) is 0 Å². The Bertz CT molecular complexity index is 441. The molecule has 6 heteroatoms. The fourth-order valence-electron chi connectivity index (χ4n) is 3.20. The van der Waals surface area contributed by atoms with Gasteiger partial charge in [-0.1, -0.05) is 6.92 Å². The minimum absolute atomic E-state index is 0.244. The number of hydrogen-bond donors (Lipinski definition) is 1. The van der Waals surface area contributed by atoms with Crippen LogP contribution in [0.2, 0.25) is 0 Å². The Morgan fingerprint density at radius 3 is 2.64 bits per heavy atom. The van der Waals surface area contributed by atoms with E-state index < -0.39 is 0 Å². The second-order valence-electron chi connectivity index (χ2n) is 6.48. The van der Waals surface area contributed by atoms with Crippen molar-refractivity contribution in [3.63, 3.8) is 0 Å². The van der Waals surface area contributed by atoms with Crippen molar-refractivity contribution in [3.8, 4) is 0 Å². The average molecular weight is 310 g/mol. The fraction of sp³-hybridized carbons (Fsp3) is 0.812. The van der Waals surface area contributed by atoms with Gasteiger partial charge in [-0.05, 0) is 20.4 Å². The highest BCUT2D eigenvalue weighted by molar-refractivity contribution is 5.03. The van der Waals surface area contributed by atoms with Gasteiger partial charge < -0.3 is 9.84 Å². The van der Waals surface area contributed by atoms with E-state index in [1.54, 1.807) is 0 Å². The van der Waals surface area contributed by atoms with Crippen LogP contribution in [0.15, 0.2) is 12.4 Å². The van der Waals surface area contributed by atoms with Gasteiger partial charge in [0.2, 0.25) is 0 Å². The number of aliphatic hydroxyl groups excluding tert-OH is 1.